The molecule has 21 heavy (non-hydrogen) atoms. The molecule has 2 aromatic rings. The number of hydrazone groups is 1. The van der Waals surface area contributed by atoms with E-state index in [0.717, 1.165) is 20.8 Å². The fourth-order valence-corrected chi connectivity index (χ4v) is 3.67. The highest BCUT2D eigenvalue weighted by atomic mass is 79.9. The van der Waals surface area contributed by atoms with Crippen molar-refractivity contribution in [1.29, 1.82) is 0 Å². The first-order chi connectivity index (χ1) is 10.1. The molecule has 0 saturated heterocycles. The van der Waals surface area contributed by atoms with Gasteiger partial charge in [0.1, 0.15) is 0 Å². The summed E-state index contributed by atoms with van der Waals surface area (Å²) in [6, 6.07) is 14.1. The van der Waals surface area contributed by atoms with Crippen LogP contribution in [0.3, 0.4) is 0 Å². The number of carbonyl (C=O) groups excluding carboxylic acids is 1. The number of carbonyl (C=O) groups is 1. The molecule has 1 fully saturated rings. The maximum absolute atomic E-state index is 12.1. The average molecular weight is 363 g/mol. The second-order valence-electron chi connectivity index (χ2n) is 5.14. The molecule has 3 nitrogen and oxygen atoms in total. The van der Waals surface area contributed by atoms with Gasteiger partial charge in [0.25, 0.3) is 0 Å². The number of thiophene rings is 1. The summed E-state index contributed by atoms with van der Waals surface area (Å²) < 4.78 is 1.06. The predicted octanol–water partition coefficient (Wildman–Crippen LogP) is 4.15. The van der Waals surface area contributed by atoms with Crippen LogP contribution in [-0.2, 0) is 4.79 Å². The minimum absolute atomic E-state index is 0.0128. The van der Waals surface area contributed by atoms with Gasteiger partial charge in [-0.05, 0) is 52.9 Å². The molecule has 3 rings (SSSR count). The van der Waals surface area contributed by atoms with Crippen LogP contribution < -0.4 is 5.43 Å². The minimum atomic E-state index is 0.0128. The van der Waals surface area contributed by atoms with E-state index in [1.165, 1.54) is 5.56 Å². The van der Waals surface area contributed by atoms with Crippen molar-refractivity contribution in [2.75, 3.05) is 0 Å². The van der Waals surface area contributed by atoms with E-state index in [1.54, 1.807) is 11.3 Å². The van der Waals surface area contributed by atoms with Crippen molar-refractivity contribution in [3.05, 3.63) is 56.7 Å². The molecule has 0 bridgehead atoms. The molecule has 1 heterocycles. The van der Waals surface area contributed by atoms with Gasteiger partial charge in [-0.15, -0.1) is 11.3 Å². The van der Waals surface area contributed by atoms with E-state index in [1.807, 2.05) is 37.3 Å². The van der Waals surface area contributed by atoms with Gasteiger partial charge < -0.3 is 0 Å². The van der Waals surface area contributed by atoms with Crippen LogP contribution in [0.25, 0.3) is 0 Å². The van der Waals surface area contributed by atoms with Crippen molar-refractivity contribution < 1.29 is 4.79 Å². The molecule has 1 aromatic heterocycles. The third-order valence-corrected chi connectivity index (χ3v) is 5.35. The fourth-order valence-electron chi connectivity index (χ4n) is 2.34. The van der Waals surface area contributed by atoms with Gasteiger partial charge in [0.05, 0.1) is 14.4 Å². The maximum Gasteiger partial charge on any atom is 0.243 e. The topological polar surface area (TPSA) is 41.5 Å². The highest BCUT2D eigenvalue weighted by Gasteiger charge is 2.43. The van der Waals surface area contributed by atoms with Gasteiger partial charge in [-0.2, -0.15) is 5.10 Å². The van der Waals surface area contributed by atoms with Gasteiger partial charge in [0.15, 0.2) is 0 Å². The van der Waals surface area contributed by atoms with Crippen molar-refractivity contribution in [2.24, 2.45) is 11.0 Å². The lowest BCUT2D eigenvalue weighted by atomic mass is 10.1. The van der Waals surface area contributed by atoms with E-state index in [-0.39, 0.29) is 11.8 Å². The molecule has 0 aliphatic heterocycles. The summed E-state index contributed by atoms with van der Waals surface area (Å²) in [7, 11) is 0. The first-order valence-electron chi connectivity index (χ1n) is 6.80. The molecular weight excluding hydrogens is 348 g/mol. The monoisotopic (exact) mass is 362 g/mol. The molecule has 108 valence electrons. The Kier molecular flexibility index (Phi) is 4.22. The number of hydrogen-bond donors (Lipinski definition) is 1. The molecule has 1 aliphatic carbocycles. The number of nitrogens with one attached hydrogen (secondary N) is 1. The number of benzene rings is 1. The van der Waals surface area contributed by atoms with Crippen LogP contribution >= 0.6 is 27.3 Å². The Hall–Kier alpha value is -1.46. The smallest absolute Gasteiger partial charge is 0.243 e. The van der Waals surface area contributed by atoms with E-state index in [2.05, 4.69) is 38.6 Å². The van der Waals surface area contributed by atoms with Crippen LogP contribution in [0.5, 0.6) is 0 Å². The van der Waals surface area contributed by atoms with E-state index >= 15 is 0 Å². The minimum Gasteiger partial charge on any atom is -0.273 e. The fraction of sp³-hybridized carbons (Fsp3) is 0.250. The molecule has 2 atom stereocenters. The Bertz CT molecular complexity index is 681. The summed E-state index contributed by atoms with van der Waals surface area (Å²) in [5, 5.41) is 4.20. The second-order valence-corrected chi connectivity index (χ2v) is 7.60. The van der Waals surface area contributed by atoms with E-state index in [9.17, 15) is 4.79 Å². The molecule has 1 aliphatic rings. The molecule has 1 N–H and O–H groups in total. The summed E-state index contributed by atoms with van der Waals surface area (Å²) in [6.45, 7) is 1.90. The summed E-state index contributed by atoms with van der Waals surface area (Å²) in [5.41, 5.74) is 4.76. The third kappa shape index (κ3) is 3.41. The Morgan fingerprint density at radius 2 is 2.05 bits per heavy atom. The molecular formula is C16H15BrN2OS. The molecule has 5 heteroatoms. The Morgan fingerprint density at radius 1 is 1.29 bits per heavy atom. The van der Waals surface area contributed by atoms with Crippen LogP contribution in [0.1, 0.15) is 29.7 Å². The van der Waals surface area contributed by atoms with Gasteiger partial charge in [-0.1, -0.05) is 30.3 Å². The SMILES string of the molecule is C/C(=N\NC(=O)C1CC1c1ccccc1)c1ccc(Br)s1. The van der Waals surface area contributed by atoms with Crippen LogP contribution in [0.2, 0.25) is 0 Å². The van der Waals surface area contributed by atoms with E-state index < -0.39 is 0 Å². The zero-order valence-corrected chi connectivity index (χ0v) is 13.9. The Morgan fingerprint density at radius 3 is 2.71 bits per heavy atom. The summed E-state index contributed by atoms with van der Waals surface area (Å²) in [5.74, 6) is 0.412. The summed E-state index contributed by atoms with van der Waals surface area (Å²) >= 11 is 5.03. The Labute approximate surface area is 136 Å². The predicted molar refractivity (Wildman–Crippen MR) is 89.7 cm³/mol. The normalized spacial score (nSPS) is 21.1. The molecule has 2 unspecified atom stereocenters. The van der Waals surface area contributed by atoms with Crippen molar-refractivity contribution in [1.82, 2.24) is 5.43 Å². The number of rotatable bonds is 4. The van der Waals surface area contributed by atoms with Crippen LogP contribution in [0, 0.1) is 5.92 Å². The standard InChI is InChI=1S/C16H15BrN2OS/c1-10(14-7-8-15(17)21-14)18-19-16(20)13-9-12(13)11-5-3-2-4-6-11/h2-8,12-13H,9H2,1H3,(H,19,20)/b18-10+. The molecule has 0 radical (unpaired) electrons. The first-order valence-corrected chi connectivity index (χ1v) is 8.41. The number of hydrogen-bond acceptors (Lipinski definition) is 3. The maximum atomic E-state index is 12.1. The van der Waals surface area contributed by atoms with Gasteiger partial charge in [-0.25, -0.2) is 5.43 Å². The van der Waals surface area contributed by atoms with E-state index in [4.69, 9.17) is 0 Å². The lowest BCUT2D eigenvalue weighted by Crippen LogP contribution is -2.21. The highest BCUT2D eigenvalue weighted by molar-refractivity contribution is 9.11. The second kappa shape index (κ2) is 6.12. The molecule has 1 aromatic carbocycles. The van der Waals surface area contributed by atoms with Crippen molar-refractivity contribution >= 4 is 38.9 Å². The highest BCUT2D eigenvalue weighted by Crippen LogP contribution is 2.47. The van der Waals surface area contributed by atoms with Gasteiger partial charge >= 0.3 is 0 Å². The molecule has 0 spiro atoms. The van der Waals surface area contributed by atoms with Crippen molar-refractivity contribution in [3.8, 4) is 0 Å². The average Bonchev–Trinajstić information content (AvgIpc) is 3.20. The van der Waals surface area contributed by atoms with Crippen molar-refractivity contribution in [2.45, 2.75) is 19.3 Å². The van der Waals surface area contributed by atoms with Crippen LogP contribution in [0.15, 0.2) is 51.4 Å². The lowest BCUT2D eigenvalue weighted by molar-refractivity contribution is -0.122. The van der Waals surface area contributed by atoms with E-state index in [0.29, 0.717) is 5.92 Å². The number of nitrogens with zero attached hydrogens (tertiary/aromatic N) is 1. The quantitative estimate of drug-likeness (QED) is 0.643. The first kappa shape index (κ1) is 14.5. The third-order valence-electron chi connectivity index (χ3n) is 3.62. The lowest BCUT2D eigenvalue weighted by Gasteiger charge is -2.01. The van der Waals surface area contributed by atoms with Gasteiger partial charge in [-0.3, -0.25) is 4.79 Å². The van der Waals surface area contributed by atoms with Crippen LogP contribution in [0.4, 0.5) is 0 Å². The van der Waals surface area contributed by atoms with Crippen LogP contribution in [-0.4, -0.2) is 11.6 Å². The molecule has 1 saturated carbocycles. The Balaban J connectivity index is 1.58. The van der Waals surface area contributed by atoms with Crippen molar-refractivity contribution in [3.63, 3.8) is 0 Å². The zero-order valence-electron chi connectivity index (χ0n) is 11.5. The summed E-state index contributed by atoms with van der Waals surface area (Å²) in [4.78, 5) is 13.2. The summed E-state index contributed by atoms with van der Waals surface area (Å²) in [6.07, 6.45) is 0.912. The largest absolute Gasteiger partial charge is 0.273 e. The molecule has 1 amide bonds. The number of halogens is 1. The van der Waals surface area contributed by atoms with Gasteiger partial charge in [0, 0.05) is 5.92 Å². The zero-order chi connectivity index (χ0) is 14.8. The van der Waals surface area contributed by atoms with Gasteiger partial charge in [0.2, 0.25) is 5.91 Å². The number of amides is 1.